The van der Waals surface area contributed by atoms with E-state index in [1.54, 1.807) is 24.3 Å². The van der Waals surface area contributed by atoms with Gasteiger partial charge in [-0.2, -0.15) is 0 Å². The number of para-hydroxylation sites is 1. The average molecular weight is 396 g/mol. The molecule has 0 radical (unpaired) electrons. The molecule has 1 amide bonds. The van der Waals surface area contributed by atoms with Crippen molar-refractivity contribution in [3.63, 3.8) is 0 Å². The lowest BCUT2D eigenvalue weighted by Crippen LogP contribution is -2.49. The fourth-order valence-electron chi connectivity index (χ4n) is 2.98. The Morgan fingerprint density at radius 3 is 2.46 bits per heavy atom. The molecule has 1 fully saturated rings. The Balaban J connectivity index is 1.45. The van der Waals surface area contributed by atoms with Crippen LogP contribution in [0.25, 0.3) is 0 Å². The Bertz CT molecular complexity index is 779. The summed E-state index contributed by atoms with van der Waals surface area (Å²) in [6.07, 6.45) is 0.389. The van der Waals surface area contributed by atoms with Gasteiger partial charge in [-0.15, -0.1) is 0 Å². The molecule has 0 aromatic heterocycles. The molecule has 138 valence electrons. The number of rotatable bonds is 5. The summed E-state index contributed by atoms with van der Waals surface area (Å²) in [6, 6.07) is 12.0. The lowest BCUT2D eigenvalue weighted by Gasteiger charge is -2.36. The summed E-state index contributed by atoms with van der Waals surface area (Å²) in [5, 5.41) is 4.15. The van der Waals surface area contributed by atoms with Crippen LogP contribution < -0.4 is 10.2 Å². The first-order chi connectivity index (χ1) is 12.5. The van der Waals surface area contributed by atoms with Gasteiger partial charge in [0.25, 0.3) is 0 Å². The molecule has 3 rings (SSSR count). The van der Waals surface area contributed by atoms with E-state index in [1.165, 1.54) is 6.07 Å². The summed E-state index contributed by atoms with van der Waals surface area (Å²) in [5.41, 5.74) is 1.43. The second kappa shape index (κ2) is 8.60. The topological polar surface area (TPSA) is 35.6 Å². The van der Waals surface area contributed by atoms with Gasteiger partial charge in [0, 0.05) is 44.8 Å². The van der Waals surface area contributed by atoms with Crippen LogP contribution in [0.5, 0.6) is 0 Å². The van der Waals surface area contributed by atoms with E-state index in [4.69, 9.17) is 23.2 Å². The molecular formula is C19H20Cl2FN3O. The Morgan fingerprint density at radius 2 is 1.77 bits per heavy atom. The number of hydrogen-bond acceptors (Lipinski definition) is 3. The third-order valence-corrected chi connectivity index (χ3v) is 5.15. The Hall–Kier alpha value is -1.98. The van der Waals surface area contributed by atoms with Crippen LogP contribution in [0.15, 0.2) is 42.5 Å². The normalized spacial score (nSPS) is 14.4. The highest BCUT2D eigenvalue weighted by Crippen LogP contribution is 2.25. The molecule has 4 nitrogen and oxygen atoms in total. The molecule has 1 heterocycles. The highest BCUT2D eigenvalue weighted by molar-refractivity contribution is 6.42. The first-order valence-corrected chi connectivity index (χ1v) is 9.26. The number of halogens is 3. The van der Waals surface area contributed by atoms with Crippen molar-refractivity contribution in [1.82, 2.24) is 4.90 Å². The smallest absolute Gasteiger partial charge is 0.224 e. The standard InChI is InChI=1S/C19H20Cl2FN3O/c20-15-6-5-14(13-16(15)21)23-8-7-19(26)25-11-9-24(10-12-25)18-4-2-1-3-17(18)22/h1-6,13,23H,7-12H2. The van der Waals surface area contributed by atoms with Gasteiger partial charge >= 0.3 is 0 Å². The van der Waals surface area contributed by atoms with Gasteiger partial charge in [0.2, 0.25) is 5.91 Å². The fraction of sp³-hybridized carbons (Fsp3) is 0.316. The number of nitrogens with one attached hydrogen (secondary N) is 1. The number of benzene rings is 2. The van der Waals surface area contributed by atoms with Crippen molar-refractivity contribution < 1.29 is 9.18 Å². The zero-order chi connectivity index (χ0) is 18.5. The maximum Gasteiger partial charge on any atom is 0.224 e. The van der Waals surface area contributed by atoms with E-state index in [2.05, 4.69) is 5.32 Å². The predicted octanol–water partition coefficient (Wildman–Crippen LogP) is 4.28. The Labute approximate surface area is 162 Å². The van der Waals surface area contributed by atoms with Gasteiger partial charge < -0.3 is 15.1 Å². The second-order valence-corrected chi connectivity index (χ2v) is 6.94. The molecule has 2 aromatic rings. The third kappa shape index (κ3) is 4.59. The highest BCUT2D eigenvalue weighted by Gasteiger charge is 2.22. The molecule has 1 N–H and O–H groups in total. The van der Waals surface area contributed by atoms with Crippen LogP contribution in [0.2, 0.25) is 10.0 Å². The third-order valence-electron chi connectivity index (χ3n) is 4.41. The number of amides is 1. The molecule has 0 unspecified atom stereocenters. The van der Waals surface area contributed by atoms with Gasteiger partial charge in [-0.3, -0.25) is 4.79 Å². The second-order valence-electron chi connectivity index (χ2n) is 6.12. The summed E-state index contributed by atoms with van der Waals surface area (Å²) in [4.78, 5) is 16.2. The predicted molar refractivity (Wildman–Crippen MR) is 105 cm³/mol. The minimum Gasteiger partial charge on any atom is -0.384 e. The number of carbonyl (C=O) groups excluding carboxylic acids is 1. The summed E-state index contributed by atoms with van der Waals surface area (Å²) in [7, 11) is 0. The Morgan fingerprint density at radius 1 is 1.04 bits per heavy atom. The lowest BCUT2D eigenvalue weighted by molar-refractivity contribution is -0.131. The summed E-state index contributed by atoms with van der Waals surface area (Å²) < 4.78 is 13.9. The van der Waals surface area contributed by atoms with E-state index >= 15 is 0 Å². The molecule has 7 heteroatoms. The first-order valence-electron chi connectivity index (χ1n) is 8.51. The van der Waals surface area contributed by atoms with E-state index in [1.807, 2.05) is 21.9 Å². The molecule has 26 heavy (non-hydrogen) atoms. The van der Waals surface area contributed by atoms with Crippen LogP contribution in [0, 0.1) is 5.82 Å². The van der Waals surface area contributed by atoms with E-state index in [0.717, 1.165) is 5.69 Å². The molecule has 0 atom stereocenters. The average Bonchev–Trinajstić information content (AvgIpc) is 2.65. The molecule has 1 aliphatic rings. The van der Waals surface area contributed by atoms with Crippen molar-refractivity contribution in [3.8, 4) is 0 Å². The first kappa shape index (κ1) is 18.8. The van der Waals surface area contributed by atoms with E-state index in [0.29, 0.717) is 54.9 Å². The summed E-state index contributed by atoms with van der Waals surface area (Å²) in [5.74, 6) is -0.135. The number of anilines is 2. The minimum atomic E-state index is -0.224. The number of piperazine rings is 1. The van der Waals surface area contributed by atoms with Gasteiger partial charge in [0.1, 0.15) is 5.82 Å². The molecule has 0 aliphatic carbocycles. The summed E-state index contributed by atoms with van der Waals surface area (Å²) >= 11 is 11.9. The van der Waals surface area contributed by atoms with Crippen molar-refractivity contribution in [1.29, 1.82) is 0 Å². The molecular weight excluding hydrogens is 376 g/mol. The minimum absolute atomic E-state index is 0.0887. The van der Waals surface area contributed by atoms with Crippen LogP contribution in [0.4, 0.5) is 15.8 Å². The van der Waals surface area contributed by atoms with Crippen LogP contribution >= 0.6 is 23.2 Å². The molecule has 2 aromatic carbocycles. The van der Waals surface area contributed by atoms with Gasteiger partial charge in [-0.05, 0) is 30.3 Å². The van der Waals surface area contributed by atoms with E-state index in [9.17, 15) is 9.18 Å². The van der Waals surface area contributed by atoms with Crippen molar-refractivity contribution in [2.45, 2.75) is 6.42 Å². The van der Waals surface area contributed by atoms with Crippen LogP contribution in [0.1, 0.15) is 6.42 Å². The van der Waals surface area contributed by atoms with Crippen molar-refractivity contribution in [2.75, 3.05) is 42.9 Å². The molecule has 0 bridgehead atoms. The maximum atomic E-state index is 13.9. The number of hydrogen-bond donors (Lipinski definition) is 1. The zero-order valence-electron chi connectivity index (χ0n) is 14.2. The van der Waals surface area contributed by atoms with Gasteiger partial charge in [-0.1, -0.05) is 35.3 Å². The van der Waals surface area contributed by atoms with Gasteiger partial charge in [0.15, 0.2) is 0 Å². The van der Waals surface area contributed by atoms with Crippen LogP contribution in [-0.4, -0.2) is 43.5 Å². The monoisotopic (exact) mass is 395 g/mol. The molecule has 0 saturated carbocycles. The summed E-state index contributed by atoms with van der Waals surface area (Å²) in [6.45, 7) is 2.98. The highest BCUT2D eigenvalue weighted by atomic mass is 35.5. The van der Waals surface area contributed by atoms with Crippen molar-refractivity contribution >= 4 is 40.5 Å². The van der Waals surface area contributed by atoms with Crippen LogP contribution in [0.3, 0.4) is 0 Å². The van der Waals surface area contributed by atoms with Crippen molar-refractivity contribution in [3.05, 3.63) is 58.3 Å². The SMILES string of the molecule is O=C(CCNc1ccc(Cl)c(Cl)c1)N1CCN(c2ccccc2F)CC1. The molecule has 1 aliphatic heterocycles. The molecule has 0 spiro atoms. The fourth-order valence-corrected chi connectivity index (χ4v) is 3.28. The Kier molecular flexibility index (Phi) is 6.22. The van der Waals surface area contributed by atoms with E-state index < -0.39 is 0 Å². The van der Waals surface area contributed by atoms with Crippen molar-refractivity contribution in [2.24, 2.45) is 0 Å². The molecule has 1 saturated heterocycles. The van der Waals surface area contributed by atoms with Gasteiger partial charge in [-0.25, -0.2) is 4.39 Å². The maximum absolute atomic E-state index is 13.9. The number of nitrogens with zero attached hydrogens (tertiary/aromatic N) is 2. The van der Waals surface area contributed by atoms with Crippen LogP contribution in [-0.2, 0) is 4.79 Å². The largest absolute Gasteiger partial charge is 0.384 e. The quantitative estimate of drug-likeness (QED) is 0.820. The lowest BCUT2D eigenvalue weighted by atomic mass is 10.2. The van der Waals surface area contributed by atoms with E-state index in [-0.39, 0.29) is 11.7 Å². The number of carbonyl (C=O) groups is 1. The van der Waals surface area contributed by atoms with Gasteiger partial charge in [0.05, 0.1) is 15.7 Å². The zero-order valence-corrected chi connectivity index (χ0v) is 15.7.